The third-order valence-electron chi connectivity index (χ3n) is 1.56. The summed E-state index contributed by atoms with van der Waals surface area (Å²) in [6.45, 7) is -0.674. The first-order valence-corrected chi connectivity index (χ1v) is 4.35. The number of aromatic nitrogens is 2. The molecule has 0 aliphatic heterocycles. The molecule has 0 saturated heterocycles. The Kier molecular flexibility index (Phi) is 4.01. The minimum atomic E-state index is -1.14. The fraction of sp³-hybridized carbons (Fsp3) is 0.250. The van der Waals surface area contributed by atoms with Gasteiger partial charge in [-0.2, -0.15) is 0 Å². The first-order valence-electron chi connectivity index (χ1n) is 4.35. The number of carbonyl (C=O) groups excluding carboxylic acids is 1. The molecule has 0 fully saturated rings. The lowest BCUT2D eigenvalue weighted by Gasteiger charge is -2.03. The molecule has 0 unspecified atom stereocenters. The number of hydrogen-bond acceptors (Lipinski definition) is 5. The van der Waals surface area contributed by atoms with Crippen molar-refractivity contribution in [3.8, 4) is 0 Å². The van der Waals surface area contributed by atoms with Crippen molar-refractivity contribution >= 4 is 17.7 Å². The van der Waals surface area contributed by atoms with Gasteiger partial charge in [-0.05, 0) is 0 Å². The number of amides is 1. The summed E-state index contributed by atoms with van der Waals surface area (Å²) in [5, 5.41) is 12.9. The second-order valence-corrected chi connectivity index (χ2v) is 2.79. The van der Waals surface area contributed by atoms with E-state index in [0.717, 1.165) is 0 Å². The molecule has 0 bridgehead atoms. The van der Waals surface area contributed by atoms with Crippen LogP contribution in [-0.4, -0.2) is 40.0 Å². The molecule has 1 heterocycles. The van der Waals surface area contributed by atoms with Crippen LogP contribution in [0.15, 0.2) is 17.2 Å². The molecule has 1 aromatic rings. The molecule has 0 aromatic carbocycles. The molecule has 1 amide bonds. The second kappa shape index (κ2) is 5.49. The van der Waals surface area contributed by atoms with Crippen LogP contribution < -0.4 is 16.2 Å². The van der Waals surface area contributed by atoms with E-state index in [0.29, 0.717) is 0 Å². The molecule has 0 aliphatic rings. The second-order valence-electron chi connectivity index (χ2n) is 2.79. The predicted molar refractivity (Wildman–Crippen MR) is 54.0 cm³/mol. The van der Waals surface area contributed by atoms with E-state index in [-0.39, 0.29) is 12.4 Å². The average molecular weight is 226 g/mol. The van der Waals surface area contributed by atoms with Crippen molar-refractivity contribution in [2.24, 2.45) is 0 Å². The maximum absolute atomic E-state index is 11.1. The number of aliphatic carboxylic acids is 1. The van der Waals surface area contributed by atoms with Gasteiger partial charge in [0, 0.05) is 12.4 Å². The fourth-order valence-electron chi connectivity index (χ4n) is 0.878. The number of rotatable bonds is 5. The molecule has 0 atom stereocenters. The van der Waals surface area contributed by atoms with E-state index in [2.05, 4.69) is 20.6 Å². The number of aromatic amines is 1. The topological polar surface area (TPSA) is 124 Å². The van der Waals surface area contributed by atoms with Gasteiger partial charge in [0.25, 0.3) is 5.56 Å². The van der Waals surface area contributed by atoms with Crippen molar-refractivity contribution < 1.29 is 14.7 Å². The predicted octanol–water partition coefficient (Wildman–Crippen LogP) is -1.62. The van der Waals surface area contributed by atoms with E-state index >= 15 is 0 Å². The Morgan fingerprint density at radius 2 is 2.19 bits per heavy atom. The van der Waals surface area contributed by atoms with Crippen molar-refractivity contribution in [2.75, 3.05) is 18.4 Å². The minimum Gasteiger partial charge on any atom is -0.480 e. The number of H-pyrrole nitrogens is 1. The van der Waals surface area contributed by atoms with E-state index in [1.54, 1.807) is 0 Å². The monoisotopic (exact) mass is 226 g/mol. The largest absolute Gasteiger partial charge is 0.480 e. The van der Waals surface area contributed by atoms with Crippen LogP contribution in [0.1, 0.15) is 0 Å². The highest BCUT2D eigenvalue weighted by molar-refractivity contribution is 5.84. The molecule has 16 heavy (non-hydrogen) atoms. The Labute approximate surface area is 89.7 Å². The Morgan fingerprint density at radius 1 is 1.44 bits per heavy atom. The fourth-order valence-corrected chi connectivity index (χ4v) is 0.878. The maximum Gasteiger partial charge on any atom is 0.322 e. The summed E-state index contributed by atoms with van der Waals surface area (Å²) in [6, 6.07) is 0. The van der Waals surface area contributed by atoms with Gasteiger partial charge in [-0.3, -0.25) is 14.4 Å². The number of hydrogen-bond donors (Lipinski definition) is 4. The van der Waals surface area contributed by atoms with Gasteiger partial charge in [0.1, 0.15) is 6.54 Å². The Bertz CT molecular complexity index is 442. The van der Waals surface area contributed by atoms with Gasteiger partial charge < -0.3 is 20.7 Å². The molecule has 0 radical (unpaired) electrons. The molecular weight excluding hydrogens is 216 g/mol. The van der Waals surface area contributed by atoms with Gasteiger partial charge >= 0.3 is 5.97 Å². The lowest BCUT2D eigenvalue weighted by atomic mass is 10.5. The van der Waals surface area contributed by atoms with E-state index in [1.807, 2.05) is 0 Å². The van der Waals surface area contributed by atoms with E-state index in [1.165, 1.54) is 12.4 Å². The van der Waals surface area contributed by atoms with Gasteiger partial charge in [-0.15, -0.1) is 0 Å². The summed E-state index contributed by atoms with van der Waals surface area (Å²) in [5.41, 5.74) is -0.450. The van der Waals surface area contributed by atoms with Gasteiger partial charge in [0.2, 0.25) is 5.91 Å². The molecule has 0 spiro atoms. The van der Waals surface area contributed by atoms with Crippen molar-refractivity contribution in [3.63, 3.8) is 0 Å². The Morgan fingerprint density at radius 3 is 2.81 bits per heavy atom. The van der Waals surface area contributed by atoms with Crippen LogP contribution in [0.5, 0.6) is 0 Å². The van der Waals surface area contributed by atoms with Crippen molar-refractivity contribution in [3.05, 3.63) is 22.7 Å². The maximum atomic E-state index is 11.1. The molecule has 1 aromatic heterocycles. The number of carboxylic acids is 1. The molecule has 1 rings (SSSR count). The quantitative estimate of drug-likeness (QED) is 0.478. The van der Waals surface area contributed by atoms with Crippen LogP contribution >= 0.6 is 0 Å². The number of nitrogens with zero attached hydrogens (tertiary/aromatic N) is 1. The summed E-state index contributed by atoms with van der Waals surface area (Å²) >= 11 is 0. The standard InChI is InChI=1S/C8H10N4O4/c13-5(11-4-6(14)15)3-12-7-8(16)10-2-1-9-7/h1-2H,3-4H2,(H,9,12)(H,10,16)(H,11,13)(H,14,15). The van der Waals surface area contributed by atoms with Crippen LogP contribution in [0.25, 0.3) is 0 Å². The molecule has 0 saturated carbocycles. The van der Waals surface area contributed by atoms with Crippen LogP contribution in [0.2, 0.25) is 0 Å². The summed E-state index contributed by atoms with van der Waals surface area (Å²) < 4.78 is 0. The van der Waals surface area contributed by atoms with Gasteiger partial charge in [0.05, 0.1) is 6.54 Å². The van der Waals surface area contributed by atoms with Gasteiger partial charge in [-0.1, -0.05) is 0 Å². The molecule has 86 valence electrons. The van der Waals surface area contributed by atoms with Crippen LogP contribution in [0.3, 0.4) is 0 Å². The van der Waals surface area contributed by atoms with Crippen LogP contribution in [0, 0.1) is 0 Å². The molecule has 8 heteroatoms. The van der Waals surface area contributed by atoms with Crippen LogP contribution in [-0.2, 0) is 9.59 Å². The normalized spacial score (nSPS) is 9.50. The highest BCUT2D eigenvalue weighted by Gasteiger charge is 2.05. The summed E-state index contributed by atoms with van der Waals surface area (Å²) in [4.78, 5) is 38.3. The minimum absolute atomic E-state index is 0.00738. The number of anilines is 1. The number of carbonyl (C=O) groups is 2. The molecular formula is C8H10N4O4. The van der Waals surface area contributed by atoms with Crippen molar-refractivity contribution in [1.29, 1.82) is 0 Å². The Balaban J connectivity index is 2.40. The van der Waals surface area contributed by atoms with E-state index < -0.39 is 24.0 Å². The summed E-state index contributed by atoms with van der Waals surface area (Å²) in [7, 11) is 0. The van der Waals surface area contributed by atoms with Gasteiger partial charge in [0.15, 0.2) is 5.82 Å². The average Bonchev–Trinajstić information content (AvgIpc) is 2.25. The zero-order valence-corrected chi connectivity index (χ0v) is 8.19. The number of carboxylic acid groups (broad SMARTS) is 1. The highest BCUT2D eigenvalue weighted by Crippen LogP contribution is 1.87. The molecule has 4 N–H and O–H groups in total. The summed E-state index contributed by atoms with van der Waals surface area (Å²) in [6.07, 6.45) is 2.72. The first-order chi connectivity index (χ1) is 7.59. The lowest BCUT2D eigenvalue weighted by molar-refractivity contribution is -0.137. The molecule has 0 aliphatic carbocycles. The molecule has 8 nitrogen and oxygen atoms in total. The third kappa shape index (κ3) is 3.78. The van der Waals surface area contributed by atoms with Crippen molar-refractivity contribution in [2.45, 2.75) is 0 Å². The highest BCUT2D eigenvalue weighted by atomic mass is 16.4. The Hall–Kier alpha value is -2.38. The van der Waals surface area contributed by atoms with Crippen LogP contribution in [0.4, 0.5) is 5.82 Å². The lowest BCUT2D eigenvalue weighted by Crippen LogP contribution is -2.34. The summed E-state index contributed by atoms with van der Waals surface area (Å²) in [5.74, 6) is -1.66. The smallest absolute Gasteiger partial charge is 0.322 e. The van der Waals surface area contributed by atoms with Crippen molar-refractivity contribution in [1.82, 2.24) is 15.3 Å². The SMILES string of the molecule is O=C(O)CNC(=O)CNc1ncc[nH]c1=O. The zero-order chi connectivity index (χ0) is 12.0. The van der Waals surface area contributed by atoms with Gasteiger partial charge in [-0.25, -0.2) is 4.98 Å². The first kappa shape index (κ1) is 11.7. The number of nitrogens with one attached hydrogen (secondary N) is 3. The van der Waals surface area contributed by atoms with E-state index in [4.69, 9.17) is 5.11 Å². The zero-order valence-electron chi connectivity index (χ0n) is 8.19. The third-order valence-corrected chi connectivity index (χ3v) is 1.56. The van der Waals surface area contributed by atoms with E-state index in [9.17, 15) is 14.4 Å².